The second-order valence-corrected chi connectivity index (χ2v) is 8.94. The molecule has 4 rings (SSSR count). The number of fused-ring (bicyclic) bond motifs is 1. The maximum Gasteiger partial charge on any atom is 0.292 e. The molecule has 1 fully saturated rings. The summed E-state index contributed by atoms with van der Waals surface area (Å²) < 4.78 is 1.79. The highest BCUT2D eigenvalue weighted by atomic mass is 16.2. The van der Waals surface area contributed by atoms with Crippen LogP contribution in [-0.4, -0.2) is 65.2 Å². The number of benzene rings is 2. The third kappa shape index (κ3) is 5.72. The van der Waals surface area contributed by atoms with E-state index in [9.17, 15) is 14.4 Å². The number of hydrogen-bond acceptors (Lipinski definition) is 4. The van der Waals surface area contributed by atoms with E-state index in [1.54, 1.807) is 10.8 Å². The molecule has 2 heterocycles. The Morgan fingerprint density at radius 1 is 0.971 bits per heavy atom. The lowest BCUT2D eigenvalue weighted by molar-refractivity contribution is -0.130. The first kappa shape index (κ1) is 23.7. The van der Waals surface area contributed by atoms with Crippen LogP contribution in [0.1, 0.15) is 35.2 Å². The van der Waals surface area contributed by atoms with Crippen molar-refractivity contribution in [2.45, 2.75) is 32.4 Å². The number of ketones is 1. The SMILES string of the molecule is CN(CCCNC(=O)C(=O)c1cn(CC(=O)N2CCCC2)c2ccccc12)Cc1ccccc1. The Morgan fingerprint density at radius 2 is 1.68 bits per heavy atom. The molecule has 1 aromatic heterocycles. The zero-order valence-electron chi connectivity index (χ0n) is 19.7. The van der Waals surface area contributed by atoms with Gasteiger partial charge in [-0.25, -0.2) is 0 Å². The summed E-state index contributed by atoms with van der Waals surface area (Å²) in [6.07, 6.45) is 4.46. The van der Waals surface area contributed by atoms with Crippen molar-refractivity contribution in [3.05, 3.63) is 71.9 Å². The normalized spacial score (nSPS) is 13.5. The van der Waals surface area contributed by atoms with Gasteiger partial charge < -0.3 is 19.7 Å². The largest absolute Gasteiger partial charge is 0.349 e. The van der Waals surface area contributed by atoms with Crippen LogP contribution in [0.2, 0.25) is 0 Å². The molecule has 1 aliphatic heterocycles. The van der Waals surface area contributed by atoms with Crippen molar-refractivity contribution in [1.82, 2.24) is 19.7 Å². The van der Waals surface area contributed by atoms with E-state index in [0.717, 1.165) is 51.0 Å². The number of carbonyl (C=O) groups excluding carboxylic acids is 3. The van der Waals surface area contributed by atoms with Crippen LogP contribution in [0.15, 0.2) is 60.8 Å². The van der Waals surface area contributed by atoms with Gasteiger partial charge in [-0.1, -0.05) is 48.5 Å². The molecule has 34 heavy (non-hydrogen) atoms. The smallest absolute Gasteiger partial charge is 0.292 e. The second-order valence-electron chi connectivity index (χ2n) is 8.94. The van der Waals surface area contributed by atoms with Crippen molar-refractivity contribution in [3.63, 3.8) is 0 Å². The summed E-state index contributed by atoms with van der Waals surface area (Å²) in [7, 11) is 2.04. The molecule has 1 aliphatic rings. The predicted octanol–water partition coefficient (Wildman–Crippen LogP) is 3.08. The fourth-order valence-corrected chi connectivity index (χ4v) is 4.50. The van der Waals surface area contributed by atoms with E-state index in [-0.39, 0.29) is 12.5 Å². The van der Waals surface area contributed by atoms with Gasteiger partial charge in [-0.2, -0.15) is 0 Å². The van der Waals surface area contributed by atoms with Crippen molar-refractivity contribution in [3.8, 4) is 0 Å². The molecule has 178 valence electrons. The summed E-state index contributed by atoms with van der Waals surface area (Å²) in [5.74, 6) is -1.14. The van der Waals surface area contributed by atoms with E-state index >= 15 is 0 Å². The summed E-state index contributed by atoms with van der Waals surface area (Å²) in [5, 5.41) is 3.45. The standard InChI is InChI=1S/C27H32N4O3/c1-29(18-21-10-3-2-4-11-21)15-9-14-28-27(34)26(33)23-19-31(24-13-6-5-12-22(23)24)20-25(32)30-16-7-8-17-30/h2-6,10-13,19H,7-9,14-18,20H2,1H3,(H,28,34). The Labute approximate surface area is 200 Å². The summed E-state index contributed by atoms with van der Waals surface area (Å²) >= 11 is 0. The summed E-state index contributed by atoms with van der Waals surface area (Å²) in [6, 6.07) is 17.6. The zero-order valence-corrected chi connectivity index (χ0v) is 19.7. The van der Waals surface area contributed by atoms with E-state index in [4.69, 9.17) is 0 Å². The summed E-state index contributed by atoms with van der Waals surface area (Å²) in [4.78, 5) is 42.3. The highest BCUT2D eigenvalue weighted by Crippen LogP contribution is 2.22. The van der Waals surface area contributed by atoms with Gasteiger partial charge in [-0.3, -0.25) is 14.4 Å². The average molecular weight is 461 g/mol. The van der Waals surface area contributed by atoms with Gasteiger partial charge in [0.15, 0.2) is 0 Å². The Bertz CT molecular complexity index is 1150. The van der Waals surface area contributed by atoms with Crippen LogP contribution in [0, 0.1) is 0 Å². The Kier molecular flexibility index (Phi) is 7.75. The molecule has 0 spiro atoms. The van der Waals surface area contributed by atoms with Crippen LogP contribution >= 0.6 is 0 Å². The molecule has 7 nitrogen and oxygen atoms in total. The number of Topliss-reactive ketones (excluding diaryl/α,β-unsaturated/α-hetero) is 1. The van der Waals surface area contributed by atoms with Crippen molar-refractivity contribution in [2.75, 3.05) is 33.2 Å². The van der Waals surface area contributed by atoms with E-state index < -0.39 is 11.7 Å². The lowest BCUT2D eigenvalue weighted by atomic mass is 10.1. The first-order valence-corrected chi connectivity index (χ1v) is 11.9. The molecule has 7 heteroatoms. The highest BCUT2D eigenvalue weighted by molar-refractivity contribution is 6.45. The van der Waals surface area contributed by atoms with Gasteiger partial charge in [0.05, 0.1) is 5.56 Å². The van der Waals surface area contributed by atoms with Gasteiger partial charge in [-0.15, -0.1) is 0 Å². The lowest BCUT2D eigenvalue weighted by Crippen LogP contribution is -2.33. The van der Waals surface area contributed by atoms with Gasteiger partial charge in [0, 0.05) is 43.3 Å². The molecule has 1 N–H and O–H groups in total. The number of aromatic nitrogens is 1. The zero-order chi connectivity index (χ0) is 23.9. The van der Waals surface area contributed by atoms with Gasteiger partial charge in [-0.05, 0) is 44.5 Å². The van der Waals surface area contributed by atoms with Gasteiger partial charge in [0.25, 0.3) is 11.7 Å². The fourth-order valence-electron chi connectivity index (χ4n) is 4.50. The molecule has 1 saturated heterocycles. The molecule has 0 atom stereocenters. The summed E-state index contributed by atoms with van der Waals surface area (Å²) in [6.45, 7) is 3.81. The molecular weight excluding hydrogens is 428 g/mol. The maximum atomic E-state index is 13.0. The van der Waals surface area contributed by atoms with Gasteiger partial charge in [0.2, 0.25) is 5.91 Å². The highest BCUT2D eigenvalue weighted by Gasteiger charge is 2.23. The predicted molar refractivity (Wildman–Crippen MR) is 132 cm³/mol. The van der Waals surface area contributed by atoms with Crippen LogP contribution in [-0.2, 0) is 22.7 Å². The number of amides is 2. The van der Waals surface area contributed by atoms with Crippen molar-refractivity contribution in [1.29, 1.82) is 0 Å². The Morgan fingerprint density at radius 3 is 2.44 bits per heavy atom. The number of hydrogen-bond donors (Lipinski definition) is 1. The van der Waals surface area contributed by atoms with E-state index in [0.29, 0.717) is 17.5 Å². The van der Waals surface area contributed by atoms with E-state index in [2.05, 4.69) is 22.3 Å². The molecule has 0 saturated carbocycles. The molecule has 3 aromatic rings. The number of para-hydroxylation sites is 1. The topological polar surface area (TPSA) is 74.6 Å². The Balaban J connectivity index is 1.33. The van der Waals surface area contributed by atoms with Crippen LogP contribution in [0.3, 0.4) is 0 Å². The minimum atomic E-state index is -0.612. The molecule has 0 radical (unpaired) electrons. The molecule has 0 unspecified atom stereocenters. The van der Waals surface area contributed by atoms with Crippen LogP contribution in [0.5, 0.6) is 0 Å². The molecule has 0 aliphatic carbocycles. The quantitative estimate of drug-likeness (QED) is 0.287. The van der Waals surface area contributed by atoms with Gasteiger partial charge in [0.1, 0.15) is 6.54 Å². The number of carbonyl (C=O) groups is 3. The summed E-state index contributed by atoms with van der Waals surface area (Å²) in [5.41, 5.74) is 2.36. The number of likely N-dealkylation sites (tertiary alicyclic amines) is 1. The van der Waals surface area contributed by atoms with Crippen molar-refractivity contribution in [2.24, 2.45) is 0 Å². The molecule has 0 bridgehead atoms. The number of nitrogens with one attached hydrogen (secondary N) is 1. The fraction of sp³-hybridized carbons (Fsp3) is 0.370. The third-order valence-corrected chi connectivity index (χ3v) is 6.30. The first-order chi connectivity index (χ1) is 16.5. The van der Waals surface area contributed by atoms with Crippen LogP contribution in [0.25, 0.3) is 10.9 Å². The molecular formula is C27H32N4O3. The first-order valence-electron chi connectivity index (χ1n) is 11.9. The lowest BCUT2D eigenvalue weighted by Gasteiger charge is -2.16. The number of rotatable bonds is 10. The third-order valence-electron chi connectivity index (χ3n) is 6.30. The van der Waals surface area contributed by atoms with Crippen LogP contribution < -0.4 is 5.32 Å². The van der Waals surface area contributed by atoms with Crippen molar-refractivity contribution >= 4 is 28.5 Å². The second kappa shape index (κ2) is 11.1. The van der Waals surface area contributed by atoms with Crippen LogP contribution in [0.4, 0.5) is 0 Å². The molecule has 2 amide bonds. The minimum Gasteiger partial charge on any atom is -0.349 e. The number of nitrogens with zero attached hydrogens (tertiary/aromatic N) is 3. The van der Waals surface area contributed by atoms with Crippen molar-refractivity contribution < 1.29 is 14.4 Å². The maximum absolute atomic E-state index is 13.0. The monoisotopic (exact) mass is 460 g/mol. The van der Waals surface area contributed by atoms with E-state index in [1.165, 1.54) is 5.56 Å². The minimum absolute atomic E-state index is 0.0429. The average Bonchev–Trinajstić information content (AvgIpc) is 3.51. The van der Waals surface area contributed by atoms with E-state index in [1.807, 2.05) is 54.4 Å². The molecule has 2 aromatic carbocycles. The Hall–Kier alpha value is -3.45. The van der Waals surface area contributed by atoms with Gasteiger partial charge >= 0.3 is 0 Å².